The Morgan fingerprint density at radius 1 is 1.00 bits per heavy atom. The summed E-state index contributed by atoms with van der Waals surface area (Å²) in [6.07, 6.45) is 4.82. The summed E-state index contributed by atoms with van der Waals surface area (Å²) in [5.41, 5.74) is 0. The summed E-state index contributed by atoms with van der Waals surface area (Å²) in [6, 6.07) is 8.21. The quantitative estimate of drug-likeness (QED) is 0.786. The highest BCUT2D eigenvalue weighted by molar-refractivity contribution is 5.41. The van der Waals surface area contributed by atoms with Gasteiger partial charge in [-0.2, -0.15) is 0 Å². The maximum Gasteiger partial charge on any atom is 0.256 e. The summed E-state index contributed by atoms with van der Waals surface area (Å²) < 4.78 is 11.6. The van der Waals surface area contributed by atoms with E-state index in [-0.39, 0.29) is 6.29 Å². The molecular formula is C13H17NO2. The lowest BCUT2D eigenvalue weighted by Crippen LogP contribution is -2.43. The molecule has 3 rings (SSSR count). The lowest BCUT2D eigenvalue weighted by atomic mass is 10.1. The predicted molar refractivity (Wildman–Crippen MR) is 61.7 cm³/mol. The third-order valence-electron chi connectivity index (χ3n) is 3.26. The van der Waals surface area contributed by atoms with E-state index in [1.165, 1.54) is 19.3 Å². The van der Waals surface area contributed by atoms with Crippen LogP contribution in [0.1, 0.15) is 25.7 Å². The van der Waals surface area contributed by atoms with E-state index in [0.717, 1.165) is 24.5 Å². The van der Waals surface area contributed by atoms with Gasteiger partial charge in [-0.1, -0.05) is 25.0 Å². The molecule has 0 saturated carbocycles. The normalized spacial score (nSPS) is 25.4. The molecule has 1 fully saturated rings. The van der Waals surface area contributed by atoms with E-state index in [0.29, 0.717) is 6.04 Å². The fourth-order valence-electron chi connectivity index (χ4n) is 2.37. The van der Waals surface area contributed by atoms with Gasteiger partial charge in [-0.3, -0.25) is 0 Å². The lowest BCUT2D eigenvalue weighted by molar-refractivity contribution is 0.0130. The van der Waals surface area contributed by atoms with E-state index >= 15 is 0 Å². The van der Waals surface area contributed by atoms with Crippen LogP contribution in [-0.2, 0) is 0 Å². The third kappa shape index (κ3) is 1.87. The number of hydrogen-bond acceptors (Lipinski definition) is 3. The van der Waals surface area contributed by atoms with Crippen LogP contribution in [-0.4, -0.2) is 18.9 Å². The summed E-state index contributed by atoms with van der Waals surface area (Å²) >= 11 is 0. The van der Waals surface area contributed by atoms with Crippen LogP contribution in [0.3, 0.4) is 0 Å². The highest BCUT2D eigenvalue weighted by Crippen LogP contribution is 2.35. The number of ether oxygens (including phenoxy) is 2. The Bertz CT molecular complexity index is 334. The Balaban J connectivity index is 1.70. The Kier molecular flexibility index (Phi) is 2.70. The molecule has 86 valence electrons. The van der Waals surface area contributed by atoms with Crippen molar-refractivity contribution < 1.29 is 9.47 Å². The van der Waals surface area contributed by atoms with Crippen LogP contribution in [0.25, 0.3) is 0 Å². The van der Waals surface area contributed by atoms with Gasteiger partial charge in [0.05, 0.1) is 6.04 Å². The topological polar surface area (TPSA) is 30.5 Å². The second-order valence-corrected chi connectivity index (χ2v) is 4.46. The highest BCUT2D eigenvalue weighted by atomic mass is 16.7. The minimum absolute atomic E-state index is 0.143. The van der Waals surface area contributed by atoms with E-state index in [1.807, 2.05) is 24.3 Å². The van der Waals surface area contributed by atoms with Gasteiger partial charge < -0.3 is 14.8 Å². The number of para-hydroxylation sites is 2. The molecule has 1 N–H and O–H groups in total. The maximum atomic E-state index is 5.82. The molecule has 3 heteroatoms. The minimum Gasteiger partial charge on any atom is -0.449 e. The number of rotatable bonds is 1. The first-order chi connectivity index (χ1) is 7.93. The largest absolute Gasteiger partial charge is 0.449 e. The molecular weight excluding hydrogens is 202 g/mol. The van der Waals surface area contributed by atoms with Gasteiger partial charge in [0.1, 0.15) is 0 Å². The molecule has 1 saturated heterocycles. The summed E-state index contributed by atoms with van der Waals surface area (Å²) in [6.45, 7) is 1.07. The van der Waals surface area contributed by atoms with Crippen molar-refractivity contribution in [3.63, 3.8) is 0 Å². The molecule has 1 aromatic carbocycles. The highest BCUT2D eigenvalue weighted by Gasteiger charge is 2.31. The zero-order chi connectivity index (χ0) is 10.8. The maximum absolute atomic E-state index is 5.82. The van der Waals surface area contributed by atoms with Gasteiger partial charge in [0, 0.05) is 0 Å². The van der Waals surface area contributed by atoms with Crippen molar-refractivity contribution in [3.8, 4) is 11.5 Å². The molecule has 0 aliphatic carbocycles. The predicted octanol–water partition coefficient (Wildman–Crippen LogP) is 2.32. The smallest absolute Gasteiger partial charge is 0.256 e. The Morgan fingerprint density at radius 3 is 2.50 bits per heavy atom. The summed E-state index contributed by atoms with van der Waals surface area (Å²) in [4.78, 5) is 0. The van der Waals surface area contributed by atoms with E-state index in [2.05, 4.69) is 5.32 Å². The molecule has 2 heterocycles. The molecule has 1 aromatic rings. The molecule has 2 aliphatic rings. The first-order valence-electron chi connectivity index (χ1n) is 6.09. The molecule has 0 bridgehead atoms. The Morgan fingerprint density at radius 2 is 1.75 bits per heavy atom. The summed E-state index contributed by atoms with van der Waals surface area (Å²) in [5, 5.41) is 3.51. The molecule has 0 amide bonds. The number of nitrogens with one attached hydrogen (secondary N) is 1. The van der Waals surface area contributed by atoms with Gasteiger partial charge in [0.15, 0.2) is 11.5 Å². The van der Waals surface area contributed by atoms with Crippen molar-refractivity contribution in [1.82, 2.24) is 5.32 Å². The van der Waals surface area contributed by atoms with Crippen LogP contribution >= 0.6 is 0 Å². The zero-order valence-corrected chi connectivity index (χ0v) is 9.32. The van der Waals surface area contributed by atoms with Gasteiger partial charge in [-0.15, -0.1) is 0 Å². The monoisotopic (exact) mass is 219 g/mol. The third-order valence-corrected chi connectivity index (χ3v) is 3.26. The average molecular weight is 219 g/mol. The first kappa shape index (κ1) is 9.97. The molecule has 1 atom stereocenters. The Hall–Kier alpha value is -1.22. The van der Waals surface area contributed by atoms with Crippen molar-refractivity contribution in [2.45, 2.75) is 38.0 Å². The van der Waals surface area contributed by atoms with Crippen LogP contribution in [0.5, 0.6) is 11.5 Å². The van der Waals surface area contributed by atoms with Crippen LogP contribution in [0.2, 0.25) is 0 Å². The van der Waals surface area contributed by atoms with E-state index in [1.54, 1.807) is 0 Å². The summed E-state index contributed by atoms with van der Waals surface area (Å²) in [7, 11) is 0. The van der Waals surface area contributed by atoms with Crippen LogP contribution in [0, 0.1) is 0 Å². The standard InChI is InChI=1S/C13H17NO2/c1-2-6-10(14-9-5-1)13-15-11-7-3-4-8-12(11)16-13/h3-4,7-8,10,13-14H,1-2,5-6,9H2. The molecule has 1 unspecified atom stereocenters. The van der Waals surface area contributed by atoms with Crippen molar-refractivity contribution in [2.75, 3.05) is 6.54 Å². The number of fused-ring (bicyclic) bond motifs is 1. The van der Waals surface area contributed by atoms with Crippen LogP contribution in [0.15, 0.2) is 24.3 Å². The van der Waals surface area contributed by atoms with E-state index < -0.39 is 0 Å². The van der Waals surface area contributed by atoms with Crippen molar-refractivity contribution in [1.29, 1.82) is 0 Å². The summed E-state index contributed by atoms with van der Waals surface area (Å²) in [5.74, 6) is 1.75. The SMILES string of the molecule is c1ccc2c(c1)OC(C1CCCCCN1)O2. The van der Waals surface area contributed by atoms with Gasteiger partial charge in [-0.25, -0.2) is 0 Å². The lowest BCUT2D eigenvalue weighted by Gasteiger charge is -2.21. The fraction of sp³-hybridized carbons (Fsp3) is 0.538. The van der Waals surface area contributed by atoms with Gasteiger partial charge in [-0.05, 0) is 31.5 Å². The molecule has 0 aromatic heterocycles. The Labute approximate surface area is 95.8 Å². The van der Waals surface area contributed by atoms with Crippen LogP contribution in [0.4, 0.5) is 0 Å². The average Bonchev–Trinajstić information content (AvgIpc) is 2.56. The minimum atomic E-state index is -0.143. The van der Waals surface area contributed by atoms with Gasteiger partial charge >= 0.3 is 0 Å². The van der Waals surface area contributed by atoms with Crippen molar-refractivity contribution in [2.24, 2.45) is 0 Å². The molecule has 2 aliphatic heterocycles. The number of hydrogen-bond donors (Lipinski definition) is 1. The van der Waals surface area contributed by atoms with Crippen LogP contribution < -0.4 is 14.8 Å². The first-order valence-corrected chi connectivity index (χ1v) is 6.09. The molecule has 3 nitrogen and oxygen atoms in total. The zero-order valence-electron chi connectivity index (χ0n) is 9.32. The van der Waals surface area contributed by atoms with E-state index in [4.69, 9.17) is 9.47 Å². The van der Waals surface area contributed by atoms with Crippen molar-refractivity contribution >= 4 is 0 Å². The van der Waals surface area contributed by atoms with Gasteiger partial charge in [0.2, 0.25) is 0 Å². The van der Waals surface area contributed by atoms with E-state index in [9.17, 15) is 0 Å². The van der Waals surface area contributed by atoms with Crippen molar-refractivity contribution in [3.05, 3.63) is 24.3 Å². The molecule has 0 spiro atoms. The fourth-order valence-corrected chi connectivity index (χ4v) is 2.37. The van der Waals surface area contributed by atoms with Gasteiger partial charge in [0.25, 0.3) is 6.29 Å². The second-order valence-electron chi connectivity index (χ2n) is 4.46. The number of benzene rings is 1. The molecule has 16 heavy (non-hydrogen) atoms. The second kappa shape index (κ2) is 4.34. The molecule has 0 radical (unpaired) electrons.